The Morgan fingerprint density at radius 2 is 0.426 bits per heavy atom. The Kier molecular flexibility index (Phi) is 24.3. The smallest absolute Gasteiger partial charge is 0.416 e. The van der Waals surface area contributed by atoms with Crippen molar-refractivity contribution in [1.29, 1.82) is 84.2 Å². The van der Waals surface area contributed by atoms with Gasteiger partial charge in [0.15, 0.2) is 89.7 Å². The Morgan fingerprint density at radius 3 is 0.610 bits per heavy atom. The normalized spacial score (nSPS) is 10.6. The lowest BCUT2D eigenvalue weighted by Crippen LogP contribution is -2.04. The van der Waals surface area contributed by atoms with Gasteiger partial charge in [-0.3, -0.25) is 0 Å². The van der Waals surface area contributed by atoms with E-state index < -0.39 is 57.4 Å². The second-order valence-corrected chi connectivity index (χ2v) is 29.9. The maximum atomic E-state index is 14.2. The van der Waals surface area contributed by atoms with Crippen LogP contribution in [0.4, 0.5) is 35.1 Å². The highest BCUT2D eigenvalue weighted by molar-refractivity contribution is 7.18. The largest absolute Gasteiger partial charge is 0.434 e. The fraction of sp³-hybridized carbons (Fsp3) is 0.0417. The Hall–Kier alpha value is -21.0. The van der Waals surface area contributed by atoms with Crippen LogP contribution >= 0.6 is 22.7 Å². The van der Waals surface area contributed by atoms with E-state index in [2.05, 4.69) is 39.9 Å². The molecule has 0 N–H and O–H groups in total. The van der Waals surface area contributed by atoms with Gasteiger partial charge in [0.05, 0.1) is 20.5 Å². The zero-order valence-electron chi connectivity index (χ0n) is 68.0. The number of nitriles is 16. The molecule has 0 unspecified atom stereocenters. The van der Waals surface area contributed by atoms with Gasteiger partial charge in [-0.25, -0.2) is 48.7 Å². The first-order valence-electron chi connectivity index (χ1n) is 38.0. The van der Waals surface area contributed by atoms with Gasteiger partial charge in [-0.15, -0.1) is 22.7 Å². The second-order valence-electron chi connectivity index (χ2n) is 27.9. The predicted molar refractivity (Wildman–Crippen MR) is 464 cm³/mol. The van der Waals surface area contributed by atoms with Crippen molar-refractivity contribution in [2.24, 2.45) is 0 Å². The van der Waals surface area contributed by atoms with E-state index in [1.54, 1.807) is 97.1 Å². The average Bonchev–Trinajstić information content (AvgIpc) is 1.53. The van der Waals surface area contributed by atoms with Crippen LogP contribution in [0.2, 0.25) is 0 Å². The summed E-state index contributed by atoms with van der Waals surface area (Å²) in [5, 5.41) is 148. The van der Waals surface area contributed by atoms with E-state index in [-0.39, 0.29) is 152 Å². The third-order valence-electron chi connectivity index (χ3n) is 19.9. The van der Waals surface area contributed by atoms with Gasteiger partial charge >= 0.3 is 12.4 Å². The molecule has 0 fully saturated rings. The van der Waals surface area contributed by atoms with Crippen molar-refractivity contribution in [3.63, 3.8) is 0 Å². The molecule has 0 atom stereocenters. The zero-order valence-corrected chi connectivity index (χ0v) is 69.7. The van der Waals surface area contributed by atoms with Crippen LogP contribution < -0.4 is 42.6 Å². The molecule has 8 aromatic heterocycles. The van der Waals surface area contributed by atoms with Gasteiger partial charge < -0.3 is 26.5 Å². The molecule has 10 aromatic carbocycles. The number of benzene rings is 10. The van der Waals surface area contributed by atoms with Crippen molar-refractivity contribution < 1.29 is 61.6 Å². The van der Waals surface area contributed by atoms with Crippen LogP contribution in [0.25, 0.3) is 198 Å². The van der Waals surface area contributed by atoms with Gasteiger partial charge in [0.1, 0.15) is 151 Å². The molecule has 136 heavy (non-hydrogen) atoms. The van der Waals surface area contributed by atoms with Crippen molar-refractivity contribution in [3.8, 4) is 164 Å². The van der Waals surface area contributed by atoms with Crippen LogP contribution in [0.15, 0.2) is 184 Å². The summed E-state index contributed by atoms with van der Waals surface area (Å²) in [6.07, 6.45) is -9.37. The maximum absolute atomic E-state index is 14.2. The molecule has 640 valence electrons. The molecule has 18 rings (SSSR count). The first-order chi connectivity index (χ1) is 65.6. The number of nitrogens with zero attached hydrogens (tertiary/aromatic N) is 24. The minimum Gasteiger partial charge on any atom is -0.434 e. The summed E-state index contributed by atoms with van der Waals surface area (Å²) < 4.78 is 143. The van der Waals surface area contributed by atoms with Gasteiger partial charge in [0.25, 0.3) is 0 Å². The summed E-state index contributed by atoms with van der Waals surface area (Å²) in [5.41, 5.74) is 2.61. The Labute approximate surface area is 760 Å². The zero-order chi connectivity index (χ0) is 96.9. The number of aromatic nitrogens is 8. The molecule has 0 aliphatic carbocycles. The standard InChI is InChI=1S/C28H8F6N6O2.C28H14N6O2.C26H10N6O2.C14F2N6S2/c29-27(30,31)17-5-1-13(2-6-17)19-20(14-3-7-18(8-4-14)28(32,33)34)24-22(40-26(42-24)16(11-37)12-38)21-23(19)41-25(39-21)15(9-35)10-36;1-15-3-7-17(8-4-15)21-22(18-9-5-16(2)6-10-18)26-24(34-28(36-26)20(13-31)14-32)23-25(21)35-27(33-23)19(11-29)12-30;27-11-17(12-28)25-31-21-22-24(34-26(32-22)18(13-29)14-30)20(16-9-5-2-6-10-16)19(23(21)33-25)15-7-3-1-4-8-15;15-7-8(16)12-10(22-14(24-12)6(3-19)4-20)9-11(7)23-13(21-9)5(1-17)2-18/h1-8H;3-10H,1-2H3;1-10H;. The van der Waals surface area contributed by atoms with Crippen LogP contribution in [0.1, 0.15) is 22.3 Å². The molecular weight excluding hydrogens is 1800 g/mol. The van der Waals surface area contributed by atoms with Crippen molar-refractivity contribution in [1.82, 2.24) is 39.9 Å². The third kappa shape index (κ3) is 16.3. The van der Waals surface area contributed by atoms with E-state index in [0.717, 1.165) is 81.9 Å². The Morgan fingerprint density at radius 1 is 0.243 bits per heavy atom. The molecule has 0 bridgehead atoms. The molecular formula is C96H32F8N24O6S2. The minimum atomic E-state index is -4.68. The number of fused-ring (bicyclic) bond motifs is 12. The van der Waals surface area contributed by atoms with Crippen molar-refractivity contribution in [3.05, 3.63) is 234 Å². The van der Waals surface area contributed by atoms with Gasteiger partial charge in [0, 0.05) is 33.4 Å². The molecule has 8 heterocycles. The number of thiazole rings is 2. The van der Waals surface area contributed by atoms with Crippen LogP contribution in [0.3, 0.4) is 0 Å². The summed E-state index contributed by atoms with van der Waals surface area (Å²) in [7, 11) is 0. The second kappa shape index (κ2) is 36.8. The number of halogens is 8. The number of aryl methyl sites for hydroxylation is 2. The fourth-order valence-corrected chi connectivity index (χ4v) is 15.7. The molecule has 40 heteroatoms. The fourth-order valence-electron chi connectivity index (χ4n) is 13.8. The van der Waals surface area contributed by atoms with Crippen LogP contribution in [-0.2, 0) is 12.4 Å². The number of rotatable bonds is 6. The first-order valence-corrected chi connectivity index (χ1v) is 39.7. The molecule has 30 nitrogen and oxygen atoms in total. The maximum Gasteiger partial charge on any atom is 0.416 e. The van der Waals surface area contributed by atoms with E-state index in [1.807, 2.05) is 123 Å². The monoisotopic (exact) mass is 1830 g/mol. The van der Waals surface area contributed by atoms with Crippen LogP contribution in [0, 0.1) is 207 Å². The molecule has 18 aromatic rings. The number of hydrogen-bond donors (Lipinski definition) is 0. The van der Waals surface area contributed by atoms with Gasteiger partial charge in [0.2, 0.25) is 33.3 Å². The lowest BCUT2D eigenvalue weighted by Gasteiger charge is -2.14. The van der Waals surface area contributed by atoms with Crippen LogP contribution in [-0.4, -0.2) is 39.9 Å². The molecule has 0 saturated heterocycles. The summed E-state index contributed by atoms with van der Waals surface area (Å²) in [5.74, 6) is -2.36. The average molecular weight is 1830 g/mol. The van der Waals surface area contributed by atoms with Gasteiger partial charge in [-0.05, 0) is 71.5 Å². The highest BCUT2D eigenvalue weighted by atomic mass is 32.1. The lowest BCUT2D eigenvalue weighted by molar-refractivity contribution is -0.138. The molecule has 0 spiro atoms. The Balaban J connectivity index is 0.000000140. The summed E-state index contributed by atoms with van der Waals surface area (Å²) in [4.78, 5) is 33.9. The van der Waals surface area contributed by atoms with Gasteiger partial charge in [-0.1, -0.05) is 145 Å². The summed E-state index contributed by atoms with van der Waals surface area (Å²) in [6, 6.07) is 68.9. The quantitative estimate of drug-likeness (QED) is 0.140. The van der Waals surface area contributed by atoms with E-state index in [0.29, 0.717) is 67.3 Å². The minimum absolute atomic E-state index is 0.0235. The van der Waals surface area contributed by atoms with Crippen LogP contribution in [0.5, 0.6) is 0 Å². The van der Waals surface area contributed by atoms with E-state index >= 15 is 0 Å². The number of hydrogen-bond acceptors (Lipinski definition) is 32. The van der Waals surface area contributed by atoms with Gasteiger partial charge in [-0.2, -0.15) is 111 Å². The van der Waals surface area contributed by atoms with E-state index in [4.69, 9.17) is 47.6 Å². The predicted octanol–water partition coefficient (Wildman–Crippen LogP) is 15.3. The molecule has 0 saturated carbocycles. The summed E-state index contributed by atoms with van der Waals surface area (Å²) >= 11 is 1.32. The van der Waals surface area contributed by atoms with E-state index in [9.17, 15) is 98.3 Å². The van der Waals surface area contributed by atoms with Crippen molar-refractivity contribution in [2.45, 2.75) is 26.2 Å². The SMILES string of the molecule is Cc1ccc(-c2c(-c3ccc(C)cc3)c3oc(=C(C#N)C#N)nc3c3nc(=C(C#N)C#N)oc23)cc1.N#CC(C#N)=c1nc2c(o1)c(-c1ccc(C(F)(F)F)cc1)c(-c1ccc(C(F)(F)F)cc1)c1oc(=C(C#N)C#N)nc12.N#CC(C#N)=c1nc2c(o1)c(-c1ccccc1)c(-c1ccccc1)c1oc(=C(C#N)C#N)nc12.N#CC(C#N)=c1nc2c(s1)c(F)c(F)c1sc(=C(C#N)C#N)nc12. The third-order valence-corrected chi connectivity index (χ3v) is 22.1. The van der Waals surface area contributed by atoms with E-state index in [1.165, 1.54) is 0 Å². The Bertz CT molecular complexity index is 8920. The highest BCUT2D eigenvalue weighted by Gasteiger charge is 2.35. The summed E-state index contributed by atoms with van der Waals surface area (Å²) in [6.45, 7) is 3.95. The molecule has 0 amide bonds. The lowest BCUT2D eigenvalue weighted by atomic mass is 9.91. The number of oxazole rings is 6. The van der Waals surface area contributed by atoms with Crippen molar-refractivity contribution >= 4 is 154 Å². The number of alkyl halides is 6. The topological polar surface area (TPSA) is 563 Å². The molecule has 0 aliphatic heterocycles. The van der Waals surface area contributed by atoms with Crippen molar-refractivity contribution in [2.75, 3.05) is 0 Å². The molecule has 0 aliphatic rings. The first kappa shape index (κ1) is 89.8. The molecule has 0 radical (unpaired) electrons. The highest BCUT2D eigenvalue weighted by Crippen LogP contribution is 2.48.